The SMILES string of the molecule is CCc1cc(C=O)cnc1-c1nc2cc(C)ccc2o1.CCc1cc(CO)cnc1-c1nc2cc(C)ccc2o1.O=S=O.O=S=O. The molecule has 0 aliphatic carbocycles. The molecule has 1 N–H and O–H groups in total. The summed E-state index contributed by atoms with van der Waals surface area (Å²) in [4.78, 5) is 28.5. The molecule has 0 aliphatic heterocycles. The smallest absolute Gasteiger partial charge is 0.335 e. The number of carbonyl (C=O) groups is 1. The van der Waals surface area contributed by atoms with Crippen molar-refractivity contribution < 1.29 is 35.6 Å². The Kier molecular flexibility index (Phi) is 13.4. The third kappa shape index (κ3) is 9.00. The van der Waals surface area contributed by atoms with E-state index in [4.69, 9.17) is 25.7 Å². The monoisotopic (exact) mass is 662 g/mol. The van der Waals surface area contributed by atoms with Gasteiger partial charge < -0.3 is 13.9 Å². The molecule has 2 aromatic carbocycles. The van der Waals surface area contributed by atoms with E-state index < -0.39 is 23.1 Å². The number of rotatable bonds is 6. The van der Waals surface area contributed by atoms with Crippen LogP contribution in [-0.4, -0.2) is 48.2 Å². The van der Waals surface area contributed by atoms with Crippen molar-refractivity contribution in [1.82, 2.24) is 19.9 Å². The Balaban J connectivity index is 0.000000214. The quantitative estimate of drug-likeness (QED) is 0.222. The number of fused-ring (bicyclic) bond motifs is 2. The molecule has 12 nitrogen and oxygen atoms in total. The summed E-state index contributed by atoms with van der Waals surface area (Å²) in [6, 6.07) is 15.6. The number of aromatic nitrogens is 4. The molecule has 4 aromatic heterocycles. The fraction of sp³-hybridized carbons (Fsp3) is 0.219. The largest absolute Gasteiger partial charge is 0.435 e. The number of oxazole rings is 2. The highest BCUT2D eigenvalue weighted by Gasteiger charge is 2.15. The van der Waals surface area contributed by atoms with Crippen LogP contribution in [0.25, 0.3) is 45.4 Å². The van der Waals surface area contributed by atoms with E-state index in [1.807, 2.05) is 69.3 Å². The van der Waals surface area contributed by atoms with Gasteiger partial charge in [-0.3, -0.25) is 14.8 Å². The van der Waals surface area contributed by atoms with Gasteiger partial charge in [0, 0.05) is 18.0 Å². The van der Waals surface area contributed by atoms with Crippen LogP contribution in [0.1, 0.15) is 52.0 Å². The molecule has 46 heavy (non-hydrogen) atoms. The first kappa shape index (κ1) is 35.4. The van der Waals surface area contributed by atoms with Crippen LogP contribution in [0.3, 0.4) is 0 Å². The summed E-state index contributed by atoms with van der Waals surface area (Å²) >= 11 is -1.50. The van der Waals surface area contributed by atoms with Gasteiger partial charge in [-0.15, -0.1) is 0 Å². The number of benzene rings is 2. The number of hydrogen-bond acceptors (Lipinski definition) is 12. The molecule has 0 fully saturated rings. The van der Waals surface area contributed by atoms with Crippen molar-refractivity contribution >= 4 is 51.6 Å². The van der Waals surface area contributed by atoms with Gasteiger partial charge in [-0.2, -0.15) is 16.8 Å². The molecule has 6 aromatic rings. The third-order valence-electron chi connectivity index (χ3n) is 6.58. The summed E-state index contributed by atoms with van der Waals surface area (Å²) in [6.45, 7) is 8.10. The number of pyridine rings is 2. The summed E-state index contributed by atoms with van der Waals surface area (Å²) in [5.74, 6) is 1.03. The minimum absolute atomic E-state index is 0.00691. The van der Waals surface area contributed by atoms with Crippen LogP contribution in [-0.2, 0) is 42.6 Å². The normalized spacial score (nSPS) is 10.1. The molecule has 0 bridgehead atoms. The summed E-state index contributed by atoms with van der Waals surface area (Å²) in [7, 11) is 0. The highest BCUT2D eigenvalue weighted by Crippen LogP contribution is 2.28. The maximum Gasteiger partial charge on any atom is 0.335 e. The highest BCUT2D eigenvalue weighted by molar-refractivity contribution is 7.51. The zero-order valence-electron chi connectivity index (χ0n) is 25.4. The van der Waals surface area contributed by atoms with Crippen LogP contribution in [0.5, 0.6) is 0 Å². The topological polar surface area (TPSA) is 183 Å². The van der Waals surface area contributed by atoms with E-state index in [1.165, 1.54) is 0 Å². The van der Waals surface area contributed by atoms with E-state index in [9.17, 15) is 9.90 Å². The van der Waals surface area contributed by atoms with Gasteiger partial charge in [0.25, 0.3) is 0 Å². The number of aryl methyl sites for hydroxylation is 4. The first-order valence-corrected chi connectivity index (χ1v) is 15.2. The lowest BCUT2D eigenvalue weighted by Gasteiger charge is -2.04. The van der Waals surface area contributed by atoms with Crippen molar-refractivity contribution in [2.75, 3.05) is 0 Å². The van der Waals surface area contributed by atoms with E-state index in [0.717, 1.165) is 74.8 Å². The summed E-state index contributed by atoms with van der Waals surface area (Å²) in [6.07, 6.45) is 5.58. The molecule has 0 atom stereocenters. The predicted molar refractivity (Wildman–Crippen MR) is 172 cm³/mol. The Labute approximate surface area is 271 Å². The van der Waals surface area contributed by atoms with Crippen LogP contribution in [0.2, 0.25) is 0 Å². The second-order valence-corrected chi connectivity index (χ2v) is 10.00. The van der Waals surface area contributed by atoms with Gasteiger partial charge >= 0.3 is 23.1 Å². The van der Waals surface area contributed by atoms with Crippen LogP contribution >= 0.6 is 0 Å². The second-order valence-electron chi connectivity index (χ2n) is 9.73. The molecular weight excluding hydrogens is 633 g/mol. The second kappa shape index (κ2) is 17.4. The average Bonchev–Trinajstić information content (AvgIpc) is 3.68. The predicted octanol–water partition coefficient (Wildman–Crippen LogP) is 5.49. The Morgan fingerprint density at radius 3 is 1.61 bits per heavy atom. The van der Waals surface area contributed by atoms with E-state index >= 15 is 0 Å². The standard InChI is InChI=1S/C16H16N2O2.C16H14N2O2.2O2S/c2*1-3-12-7-11(9-19)8-17-15(12)16-18-13-6-10(2)4-5-14(13)20-16;2*1-3-2/h4-8,19H,3,9H2,1-2H3;4-9H,3H2,1-2H3;;. The summed E-state index contributed by atoms with van der Waals surface area (Å²) in [5.41, 5.74) is 10.3. The molecule has 14 heteroatoms. The molecule has 0 spiro atoms. The number of hydrogen-bond donors (Lipinski definition) is 1. The summed E-state index contributed by atoms with van der Waals surface area (Å²) < 4.78 is 44.7. The van der Waals surface area contributed by atoms with Crippen molar-refractivity contribution in [2.24, 2.45) is 0 Å². The van der Waals surface area contributed by atoms with Gasteiger partial charge in [-0.25, -0.2) is 9.97 Å². The van der Waals surface area contributed by atoms with Gasteiger partial charge in [0.15, 0.2) is 17.5 Å². The summed E-state index contributed by atoms with van der Waals surface area (Å²) in [5, 5.41) is 9.18. The van der Waals surface area contributed by atoms with Crippen molar-refractivity contribution in [3.8, 4) is 23.2 Å². The lowest BCUT2D eigenvalue weighted by Crippen LogP contribution is -1.95. The molecule has 0 unspecified atom stereocenters. The molecule has 0 amide bonds. The number of aliphatic hydroxyl groups is 1. The Morgan fingerprint density at radius 2 is 1.17 bits per heavy atom. The minimum Gasteiger partial charge on any atom is -0.435 e. The van der Waals surface area contributed by atoms with E-state index in [0.29, 0.717) is 23.0 Å². The van der Waals surface area contributed by atoms with E-state index in [-0.39, 0.29) is 6.61 Å². The third-order valence-corrected chi connectivity index (χ3v) is 6.58. The number of nitrogens with zero attached hydrogens (tertiary/aromatic N) is 4. The van der Waals surface area contributed by atoms with Crippen molar-refractivity contribution in [3.05, 3.63) is 94.3 Å². The molecule has 0 saturated carbocycles. The van der Waals surface area contributed by atoms with Crippen molar-refractivity contribution in [2.45, 2.75) is 47.1 Å². The van der Waals surface area contributed by atoms with E-state index in [1.54, 1.807) is 12.4 Å². The first-order chi connectivity index (χ1) is 22.2. The molecule has 0 radical (unpaired) electrons. The zero-order valence-corrected chi connectivity index (χ0v) is 27.0. The lowest BCUT2D eigenvalue weighted by atomic mass is 10.1. The first-order valence-electron chi connectivity index (χ1n) is 13.9. The lowest BCUT2D eigenvalue weighted by molar-refractivity contribution is 0.112. The molecular formula is C32H30N4O8S2. The van der Waals surface area contributed by atoms with Crippen LogP contribution in [0, 0.1) is 13.8 Å². The molecule has 6 rings (SSSR count). The zero-order chi connectivity index (χ0) is 33.6. The Bertz CT molecular complexity index is 2020. The van der Waals surface area contributed by atoms with Crippen molar-refractivity contribution in [1.29, 1.82) is 0 Å². The van der Waals surface area contributed by atoms with Crippen molar-refractivity contribution in [3.63, 3.8) is 0 Å². The van der Waals surface area contributed by atoms with Crippen LogP contribution in [0.15, 0.2) is 69.8 Å². The number of aliphatic hydroxyl groups excluding tert-OH is 1. The Morgan fingerprint density at radius 1 is 0.717 bits per heavy atom. The van der Waals surface area contributed by atoms with E-state index in [2.05, 4.69) is 26.9 Å². The fourth-order valence-electron chi connectivity index (χ4n) is 4.44. The highest BCUT2D eigenvalue weighted by atomic mass is 32.1. The number of aldehydes is 1. The van der Waals surface area contributed by atoms with Gasteiger partial charge in [0.2, 0.25) is 11.8 Å². The maximum absolute atomic E-state index is 10.8. The molecule has 4 heterocycles. The molecule has 0 aliphatic rings. The Hall–Kier alpha value is -5.05. The van der Waals surface area contributed by atoms with Gasteiger partial charge in [-0.1, -0.05) is 26.0 Å². The fourth-order valence-corrected chi connectivity index (χ4v) is 4.44. The molecule has 238 valence electrons. The average molecular weight is 663 g/mol. The van der Waals surface area contributed by atoms with Crippen LogP contribution < -0.4 is 0 Å². The van der Waals surface area contributed by atoms with Crippen LogP contribution in [0.4, 0.5) is 0 Å². The number of carbonyl (C=O) groups excluding carboxylic acids is 1. The van der Waals surface area contributed by atoms with Gasteiger partial charge in [0.05, 0.1) is 6.61 Å². The minimum atomic E-state index is -0.750. The maximum atomic E-state index is 10.8. The van der Waals surface area contributed by atoms with Gasteiger partial charge in [0.1, 0.15) is 22.4 Å². The molecule has 0 saturated heterocycles. The van der Waals surface area contributed by atoms with Gasteiger partial charge in [-0.05, 0) is 90.9 Å².